The SMILES string of the molecule is Cc1cnc(C2CCCO2)n1CC1CCN(C(=O)CCn2cccn2)CC1. The number of aryl methyl sites for hydroxylation is 2. The van der Waals surface area contributed by atoms with Gasteiger partial charge in [0, 0.05) is 63.5 Å². The van der Waals surface area contributed by atoms with Crippen LogP contribution < -0.4 is 0 Å². The highest BCUT2D eigenvalue weighted by Gasteiger charge is 2.27. The first-order chi connectivity index (χ1) is 13.2. The smallest absolute Gasteiger partial charge is 0.224 e. The molecular weight excluding hydrogens is 342 g/mol. The van der Waals surface area contributed by atoms with E-state index >= 15 is 0 Å². The summed E-state index contributed by atoms with van der Waals surface area (Å²) in [7, 11) is 0. The Kier molecular flexibility index (Phi) is 5.57. The molecule has 2 aliphatic heterocycles. The van der Waals surface area contributed by atoms with Gasteiger partial charge in [-0.05, 0) is 44.6 Å². The van der Waals surface area contributed by atoms with Crippen LogP contribution in [-0.2, 0) is 22.6 Å². The second-order valence-corrected chi connectivity index (χ2v) is 7.71. The summed E-state index contributed by atoms with van der Waals surface area (Å²) in [5.41, 5.74) is 1.21. The molecule has 27 heavy (non-hydrogen) atoms. The molecule has 7 heteroatoms. The number of rotatable bonds is 6. The van der Waals surface area contributed by atoms with Crippen LogP contribution in [0.15, 0.2) is 24.7 Å². The number of hydrogen-bond acceptors (Lipinski definition) is 4. The molecule has 2 fully saturated rings. The maximum absolute atomic E-state index is 12.5. The molecule has 0 N–H and O–H groups in total. The zero-order valence-electron chi connectivity index (χ0n) is 16.1. The lowest BCUT2D eigenvalue weighted by Crippen LogP contribution is -2.39. The maximum Gasteiger partial charge on any atom is 0.224 e. The number of likely N-dealkylation sites (tertiary alicyclic amines) is 1. The van der Waals surface area contributed by atoms with Gasteiger partial charge in [-0.15, -0.1) is 0 Å². The lowest BCUT2D eigenvalue weighted by atomic mass is 9.96. The molecule has 1 atom stereocenters. The molecule has 2 aromatic rings. The molecule has 146 valence electrons. The van der Waals surface area contributed by atoms with Crippen LogP contribution in [0.3, 0.4) is 0 Å². The Morgan fingerprint density at radius 3 is 2.85 bits per heavy atom. The summed E-state index contributed by atoms with van der Waals surface area (Å²) in [6, 6.07) is 1.89. The minimum absolute atomic E-state index is 0.155. The lowest BCUT2D eigenvalue weighted by Gasteiger charge is -2.33. The van der Waals surface area contributed by atoms with Gasteiger partial charge in [-0.2, -0.15) is 5.10 Å². The summed E-state index contributed by atoms with van der Waals surface area (Å²) in [6.45, 7) is 6.31. The first-order valence-electron chi connectivity index (χ1n) is 10.1. The monoisotopic (exact) mass is 371 g/mol. The normalized spacial score (nSPS) is 21.1. The molecule has 0 aliphatic carbocycles. The van der Waals surface area contributed by atoms with Crippen LogP contribution >= 0.6 is 0 Å². The topological polar surface area (TPSA) is 65.2 Å². The number of nitrogens with zero attached hydrogens (tertiary/aromatic N) is 5. The molecule has 2 aromatic heterocycles. The van der Waals surface area contributed by atoms with Crippen LogP contribution in [0.1, 0.15) is 49.7 Å². The third-order valence-electron chi connectivity index (χ3n) is 5.83. The summed E-state index contributed by atoms with van der Waals surface area (Å²) < 4.78 is 10.0. The van der Waals surface area contributed by atoms with Crippen molar-refractivity contribution in [1.82, 2.24) is 24.2 Å². The fourth-order valence-corrected chi connectivity index (χ4v) is 4.18. The van der Waals surface area contributed by atoms with Gasteiger partial charge in [-0.25, -0.2) is 4.98 Å². The number of piperidine rings is 1. The third kappa shape index (κ3) is 4.24. The summed E-state index contributed by atoms with van der Waals surface area (Å²) in [5, 5.41) is 4.16. The standard InChI is InChI=1S/C20H29N5O2/c1-16-14-21-20(18-4-2-13-27-18)25(16)15-17-5-10-23(11-6-17)19(26)7-12-24-9-3-8-22-24/h3,8-9,14,17-18H,2,4-7,10-13,15H2,1H3. The molecule has 2 aliphatic rings. The van der Waals surface area contributed by atoms with Gasteiger partial charge in [0.05, 0.1) is 0 Å². The lowest BCUT2D eigenvalue weighted by molar-refractivity contribution is -0.132. The van der Waals surface area contributed by atoms with Crippen molar-refractivity contribution in [3.05, 3.63) is 36.2 Å². The van der Waals surface area contributed by atoms with E-state index < -0.39 is 0 Å². The molecular formula is C20H29N5O2. The number of carbonyl (C=O) groups is 1. The Bertz CT molecular complexity index is 741. The van der Waals surface area contributed by atoms with Crippen LogP contribution in [0.4, 0.5) is 0 Å². The average Bonchev–Trinajstić information content (AvgIpc) is 3.44. The molecule has 0 radical (unpaired) electrons. The highest BCUT2D eigenvalue weighted by atomic mass is 16.5. The summed E-state index contributed by atoms with van der Waals surface area (Å²) in [4.78, 5) is 19.1. The maximum atomic E-state index is 12.5. The van der Waals surface area contributed by atoms with Gasteiger partial charge in [0.1, 0.15) is 11.9 Å². The minimum Gasteiger partial charge on any atom is -0.370 e. The van der Waals surface area contributed by atoms with Crippen LogP contribution in [0.5, 0.6) is 0 Å². The molecule has 1 unspecified atom stereocenters. The van der Waals surface area contributed by atoms with Crippen LogP contribution in [0.25, 0.3) is 0 Å². The fraction of sp³-hybridized carbons (Fsp3) is 0.650. The van der Waals surface area contributed by atoms with Crippen LogP contribution in [0.2, 0.25) is 0 Å². The molecule has 0 saturated carbocycles. The minimum atomic E-state index is 0.155. The van der Waals surface area contributed by atoms with Crippen LogP contribution in [-0.4, -0.2) is 49.8 Å². The van der Waals surface area contributed by atoms with Crippen LogP contribution in [0, 0.1) is 12.8 Å². The summed E-state index contributed by atoms with van der Waals surface area (Å²) >= 11 is 0. The predicted molar refractivity (Wildman–Crippen MR) is 101 cm³/mol. The van der Waals surface area contributed by atoms with Crippen molar-refractivity contribution in [3.63, 3.8) is 0 Å². The molecule has 0 spiro atoms. The second-order valence-electron chi connectivity index (χ2n) is 7.71. The zero-order chi connectivity index (χ0) is 18.6. The van der Waals surface area contributed by atoms with Crippen molar-refractivity contribution >= 4 is 5.91 Å². The highest BCUT2D eigenvalue weighted by Crippen LogP contribution is 2.30. The van der Waals surface area contributed by atoms with E-state index in [9.17, 15) is 4.79 Å². The Morgan fingerprint density at radius 1 is 1.30 bits per heavy atom. The molecule has 1 amide bonds. The number of hydrogen-bond donors (Lipinski definition) is 0. The molecule has 0 bridgehead atoms. The first kappa shape index (κ1) is 18.2. The quantitative estimate of drug-likeness (QED) is 0.783. The Balaban J connectivity index is 1.28. The van der Waals surface area contributed by atoms with Gasteiger partial charge in [-0.1, -0.05) is 0 Å². The predicted octanol–water partition coefficient (Wildman–Crippen LogP) is 2.57. The van der Waals surface area contributed by atoms with Crippen molar-refractivity contribution in [2.45, 2.75) is 58.2 Å². The highest BCUT2D eigenvalue weighted by molar-refractivity contribution is 5.76. The zero-order valence-corrected chi connectivity index (χ0v) is 16.1. The Labute approximate surface area is 160 Å². The van der Waals surface area contributed by atoms with E-state index in [4.69, 9.17) is 4.74 Å². The third-order valence-corrected chi connectivity index (χ3v) is 5.83. The van der Waals surface area contributed by atoms with Gasteiger partial charge in [-0.3, -0.25) is 9.48 Å². The average molecular weight is 371 g/mol. The van der Waals surface area contributed by atoms with Crippen molar-refractivity contribution in [2.75, 3.05) is 19.7 Å². The number of amides is 1. The Hall–Kier alpha value is -2.15. The van der Waals surface area contributed by atoms with E-state index in [2.05, 4.69) is 21.6 Å². The number of aromatic nitrogens is 4. The van der Waals surface area contributed by atoms with Gasteiger partial charge in [0.2, 0.25) is 5.91 Å². The second kappa shape index (κ2) is 8.25. The number of imidazole rings is 1. The largest absolute Gasteiger partial charge is 0.370 e. The summed E-state index contributed by atoms with van der Waals surface area (Å²) in [5.74, 6) is 1.92. The van der Waals surface area contributed by atoms with Gasteiger partial charge < -0.3 is 14.2 Å². The van der Waals surface area contributed by atoms with E-state index in [0.29, 0.717) is 18.9 Å². The van der Waals surface area contributed by atoms with E-state index in [1.807, 2.05) is 28.0 Å². The van der Waals surface area contributed by atoms with Crippen molar-refractivity contribution in [3.8, 4) is 0 Å². The van der Waals surface area contributed by atoms with E-state index in [-0.39, 0.29) is 12.0 Å². The molecule has 0 aromatic carbocycles. The van der Waals surface area contributed by atoms with Crippen molar-refractivity contribution in [1.29, 1.82) is 0 Å². The fourth-order valence-electron chi connectivity index (χ4n) is 4.18. The van der Waals surface area contributed by atoms with E-state index in [1.54, 1.807) is 6.20 Å². The molecule has 2 saturated heterocycles. The van der Waals surface area contributed by atoms with E-state index in [0.717, 1.165) is 57.7 Å². The van der Waals surface area contributed by atoms with Gasteiger partial charge >= 0.3 is 0 Å². The van der Waals surface area contributed by atoms with Gasteiger partial charge in [0.15, 0.2) is 0 Å². The molecule has 7 nitrogen and oxygen atoms in total. The number of ether oxygens (including phenoxy) is 1. The molecule has 4 rings (SSSR count). The number of carbonyl (C=O) groups excluding carboxylic acids is 1. The van der Waals surface area contributed by atoms with Gasteiger partial charge in [0.25, 0.3) is 0 Å². The first-order valence-corrected chi connectivity index (χ1v) is 10.1. The van der Waals surface area contributed by atoms with Crippen molar-refractivity contribution < 1.29 is 9.53 Å². The Morgan fingerprint density at radius 2 is 2.15 bits per heavy atom. The summed E-state index contributed by atoms with van der Waals surface area (Å²) in [6.07, 6.45) is 10.6. The van der Waals surface area contributed by atoms with E-state index in [1.165, 1.54) is 5.69 Å². The van der Waals surface area contributed by atoms with Crippen molar-refractivity contribution in [2.24, 2.45) is 5.92 Å². The molecule has 4 heterocycles.